The monoisotopic (exact) mass is 274 g/mol. The summed E-state index contributed by atoms with van der Waals surface area (Å²) in [4.78, 5) is 22.8. The molecule has 6 heteroatoms. The molecule has 0 bridgehead atoms. The zero-order valence-electron chi connectivity index (χ0n) is 11.3. The first kappa shape index (κ1) is 13.1. The zero-order chi connectivity index (χ0) is 13.9. The number of carbonyl (C=O) groups excluding carboxylic acids is 1. The Bertz CT molecular complexity index is 577. The van der Waals surface area contributed by atoms with E-state index in [9.17, 15) is 4.79 Å². The van der Waals surface area contributed by atoms with Crippen LogP contribution in [-0.2, 0) is 0 Å². The minimum Gasteiger partial charge on any atom is -0.396 e. The van der Waals surface area contributed by atoms with Crippen molar-refractivity contribution in [2.24, 2.45) is 0 Å². The largest absolute Gasteiger partial charge is 0.396 e. The predicted molar refractivity (Wildman–Crippen MR) is 73.4 cm³/mol. The number of nitrogens with zero attached hydrogens (tertiary/aromatic N) is 4. The predicted octanol–water partition coefficient (Wildman–Crippen LogP) is 1.11. The number of fused-ring (bicyclic) bond motifs is 1. The summed E-state index contributed by atoms with van der Waals surface area (Å²) < 4.78 is 1.76. The van der Waals surface area contributed by atoms with Gasteiger partial charge in [0.1, 0.15) is 5.69 Å². The van der Waals surface area contributed by atoms with Crippen LogP contribution in [0.2, 0.25) is 0 Å². The molecule has 0 spiro atoms. The van der Waals surface area contributed by atoms with Gasteiger partial charge in [-0.3, -0.25) is 9.20 Å². The third-order valence-electron chi connectivity index (χ3n) is 3.79. The normalized spacial score (nSPS) is 18.9. The molecular weight excluding hydrogens is 256 g/mol. The summed E-state index contributed by atoms with van der Waals surface area (Å²) >= 11 is 0. The molecule has 1 aliphatic rings. The van der Waals surface area contributed by atoms with Crippen LogP contribution in [0, 0.1) is 0 Å². The third kappa shape index (κ3) is 2.38. The zero-order valence-corrected chi connectivity index (χ0v) is 11.3. The van der Waals surface area contributed by atoms with Crippen LogP contribution < -0.4 is 0 Å². The number of aromatic nitrogens is 3. The molecule has 0 radical (unpaired) electrons. The van der Waals surface area contributed by atoms with Crippen molar-refractivity contribution in [1.82, 2.24) is 19.3 Å². The maximum absolute atomic E-state index is 12.5. The first-order chi connectivity index (χ1) is 9.79. The molecule has 0 saturated carbocycles. The van der Waals surface area contributed by atoms with Gasteiger partial charge in [0, 0.05) is 37.8 Å². The summed E-state index contributed by atoms with van der Waals surface area (Å²) in [6.07, 6.45) is 8.85. The number of imidazole rings is 1. The molecule has 0 aliphatic carbocycles. The van der Waals surface area contributed by atoms with Crippen LogP contribution in [0.1, 0.15) is 36.2 Å². The van der Waals surface area contributed by atoms with Crippen molar-refractivity contribution in [3.8, 4) is 0 Å². The quantitative estimate of drug-likeness (QED) is 0.906. The number of carbonyl (C=O) groups is 1. The van der Waals surface area contributed by atoms with E-state index in [1.807, 2.05) is 17.2 Å². The Morgan fingerprint density at radius 2 is 2.40 bits per heavy atom. The van der Waals surface area contributed by atoms with Gasteiger partial charge in [-0.05, 0) is 31.7 Å². The van der Waals surface area contributed by atoms with Crippen molar-refractivity contribution in [1.29, 1.82) is 0 Å². The van der Waals surface area contributed by atoms with Crippen molar-refractivity contribution in [2.45, 2.75) is 31.7 Å². The van der Waals surface area contributed by atoms with E-state index in [0.717, 1.165) is 32.2 Å². The van der Waals surface area contributed by atoms with Gasteiger partial charge in [0.05, 0.1) is 0 Å². The lowest BCUT2D eigenvalue weighted by Crippen LogP contribution is -2.35. The highest BCUT2D eigenvalue weighted by Gasteiger charge is 2.30. The highest BCUT2D eigenvalue weighted by molar-refractivity contribution is 5.93. The number of amides is 1. The van der Waals surface area contributed by atoms with E-state index in [-0.39, 0.29) is 18.6 Å². The lowest BCUT2D eigenvalue weighted by atomic mass is 10.1. The van der Waals surface area contributed by atoms with E-state index in [2.05, 4.69) is 9.97 Å². The molecule has 1 saturated heterocycles. The van der Waals surface area contributed by atoms with E-state index in [4.69, 9.17) is 5.11 Å². The van der Waals surface area contributed by atoms with Crippen molar-refractivity contribution in [3.63, 3.8) is 0 Å². The van der Waals surface area contributed by atoms with Gasteiger partial charge in [-0.25, -0.2) is 9.97 Å². The molecule has 20 heavy (non-hydrogen) atoms. The van der Waals surface area contributed by atoms with Crippen molar-refractivity contribution >= 4 is 11.7 Å². The van der Waals surface area contributed by atoms with Gasteiger partial charge in [-0.15, -0.1) is 0 Å². The number of likely N-dealkylation sites (tertiary alicyclic amines) is 1. The van der Waals surface area contributed by atoms with Crippen LogP contribution in [0.4, 0.5) is 0 Å². The Balaban J connectivity index is 1.80. The fourth-order valence-electron chi connectivity index (χ4n) is 2.81. The molecular formula is C14H18N4O2. The van der Waals surface area contributed by atoms with E-state index in [0.29, 0.717) is 11.5 Å². The van der Waals surface area contributed by atoms with E-state index in [1.165, 1.54) is 0 Å². The number of rotatable bonds is 4. The fraction of sp³-hybridized carbons (Fsp3) is 0.500. The molecule has 0 aromatic carbocycles. The van der Waals surface area contributed by atoms with E-state index < -0.39 is 0 Å². The van der Waals surface area contributed by atoms with Crippen LogP contribution in [0.3, 0.4) is 0 Å². The smallest absolute Gasteiger partial charge is 0.274 e. The molecule has 1 fully saturated rings. The summed E-state index contributed by atoms with van der Waals surface area (Å²) in [6.45, 7) is 0.951. The summed E-state index contributed by atoms with van der Waals surface area (Å²) in [5.41, 5.74) is 0.444. The Morgan fingerprint density at radius 1 is 1.50 bits per heavy atom. The molecule has 1 amide bonds. The van der Waals surface area contributed by atoms with Gasteiger partial charge >= 0.3 is 0 Å². The third-order valence-corrected chi connectivity index (χ3v) is 3.79. The molecule has 106 valence electrons. The topological polar surface area (TPSA) is 70.7 Å². The van der Waals surface area contributed by atoms with Crippen LogP contribution in [-0.4, -0.2) is 49.5 Å². The minimum absolute atomic E-state index is 0.0315. The first-order valence-corrected chi connectivity index (χ1v) is 7.01. The van der Waals surface area contributed by atoms with Crippen LogP contribution in [0.25, 0.3) is 5.78 Å². The lowest BCUT2D eigenvalue weighted by molar-refractivity contribution is 0.0719. The Hall–Kier alpha value is -1.95. The summed E-state index contributed by atoms with van der Waals surface area (Å²) in [5, 5.41) is 8.94. The molecule has 2 aromatic rings. The number of aliphatic hydroxyl groups excluding tert-OH is 1. The Kier molecular flexibility index (Phi) is 3.64. The van der Waals surface area contributed by atoms with Crippen molar-refractivity contribution < 1.29 is 9.90 Å². The molecule has 6 nitrogen and oxygen atoms in total. The first-order valence-electron chi connectivity index (χ1n) is 7.01. The molecule has 1 unspecified atom stereocenters. The van der Waals surface area contributed by atoms with E-state index in [1.54, 1.807) is 16.8 Å². The lowest BCUT2D eigenvalue weighted by Gasteiger charge is -2.23. The van der Waals surface area contributed by atoms with Crippen molar-refractivity contribution in [3.05, 3.63) is 30.4 Å². The summed E-state index contributed by atoms with van der Waals surface area (Å²) in [7, 11) is 0. The maximum Gasteiger partial charge on any atom is 0.274 e. The Labute approximate surface area is 117 Å². The summed E-state index contributed by atoms with van der Waals surface area (Å²) in [5.74, 6) is 0.512. The van der Waals surface area contributed by atoms with Crippen LogP contribution in [0.5, 0.6) is 0 Å². The highest BCUT2D eigenvalue weighted by Crippen LogP contribution is 2.23. The molecule has 3 heterocycles. The van der Waals surface area contributed by atoms with Crippen molar-refractivity contribution in [2.75, 3.05) is 13.2 Å². The van der Waals surface area contributed by atoms with Gasteiger partial charge in [0.15, 0.2) is 0 Å². The Morgan fingerprint density at radius 3 is 3.20 bits per heavy atom. The molecule has 1 aliphatic heterocycles. The van der Waals surface area contributed by atoms with Gasteiger partial charge in [0.25, 0.3) is 5.91 Å². The second-order valence-corrected chi connectivity index (χ2v) is 5.11. The number of hydrogen-bond acceptors (Lipinski definition) is 4. The van der Waals surface area contributed by atoms with Crippen LogP contribution >= 0.6 is 0 Å². The molecule has 2 aromatic heterocycles. The highest BCUT2D eigenvalue weighted by atomic mass is 16.3. The molecule has 1 atom stereocenters. The van der Waals surface area contributed by atoms with Gasteiger partial charge < -0.3 is 10.0 Å². The fourth-order valence-corrected chi connectivity index (χ4v) is 2.81. The second-order valence-electron chi connectivity index (χ2n) is 5.11. The average Bonchev–Trinajstić information content (AvgIpc) is 3.10. The second kappa shape index (κ2) is 5.58. The average molecular weight is 274 g/mol. The molecule has 1 N–H and O–H groups in total. The minimum atomic E-state index is -0.0315. The van der Waals surface area contributed by atoms with Gasteiger partial charge in [0.2, 0.25) is 5.78 Å². The van der Waals surface area contributed by atoms with Crippen LogP contribution in [0.15, 0.2) is 24.7 Å². The van der Waals surface area contributed by atoms with Gasteiger partial charge in [-0.2, -0.15) is 0 Å². The number of hydrogen-bond donors (Lipinski definition) is 1. The van der Waals surface area contributed by atoms with E-state index >= 15 is 0 Å². The maximum atomic E-state index is 12.5. The number of aliphatic hydroxyl groups is 1. The standard InChI is InChI=1S/C14H18N4O2/c19-9-2-5-11-4-1-8-18(11)13(20)12-10-17-7-3-6-15-14(17)16-12/h3,6-7,10-11,19H,1-2,4-5,8-9H2. The summed E-state index contributed by atoms with van der Waals surface area (Å²) in [6, 6.07) is 2.04. The SMILES string of the molecule is O=C(c1cn2cccnc2n1)N1CCCC1CCCO. The molecule has 3 rings (SSSR count). The van der Waals surface area contributed by atoms with Gasteiger partial charge in [-0.1, -0.05) is 0 Å².